The van der Waals surface area contributed by atoms with E-state index in [4.69, 9.17) is 31.2 Å². The SMILES string of the molecule is CCCOc1ccc(-c2c(-c3cccc(OC)c3C)cn3nc(-c4nccn4C)nc(Cl)c23)nc1. The molecule has 0 aliphatic carbocycles. The molecule has 0 saturated carbocycles. The number of aromatic nitrogens is 6. The molecule has 0 spiro atoms. The number of ether oxygens (including phenoxy) is 2. The topological polar surface area (TPSA) is 79.4 Å². The average Bonchev–Trinajstić information content (AvgIpc) is 3.47. The van der Waals surface area contributed by atoms with Crippen molar-refractivity contribution in [3.05, 3.63) is 65.8 Å². The predicted molar refractivity (Wildman–Crippen MR) is 136 cm³/mol. The average molecular weight is 489 g/mol. The van der Waals surface area contributed by atoms with Crippen LogP contribution in [0.2, 0.25) is 5.15 Å². The molecule has 5 aromatic rings. The number of aryl methyl sites for hydroxylation is 1. The monoisotopic (exact) mass is 488 g/mol. The van der Waals surface area contributed by atoms with E-state index in [9.17, 15) is 0 Å². The van der Waals surface area contributed by atoms with Crippen molar-refractivity contribution in [2.75, 3.05) is 13.7 Å². The van der Waals surface area contributed by atoms with Crippen molar-refractivity contribution in [1.82, 2.24) is 29.1 Å². The molecule has 0 bridgehead atoms. The van der Waals surface area contributed by atoms with Crippen LogP contribution in [0, 0.1) is 6.92 Å². The summed E-state index contributed by atoms with van der Waals surface area (Å²) in [5, 5.41) is 5.07. The molecule has 0 aliphatic heterocycles. The van der Waals surface area contributed by atoms with Crippen LogP contribution in [-0.2, 0) is 7.05 Å². The van der Waals surface area contributed by atoms with Gasteiger partial charge in [0.25, 0.3) is 0 Å². The number of methoxy groups -OCH3 is 1. The number of hydrogen-bond acceptors (Lipinski definition) is 6. The fraction of sp³-hybridized carbons (Fsp3) is 0.231. The Bertz CT molecular complexity index is 1510. The van der Waals surface area contributed by atoms with Crippen molar-refractivity contribution in [2.45, 2.75) is 20.3 Å². The Kier molecular flexibility index (Phi) is 6.13. The summed E-state index contributed by atoms with van der Waals surface area (Å²) in [4.78, 5) is 13.7. The maximum absolute atomic E-state index is 6.80. The van der Waals surface area contributed by atoms with Crippen LogP contribution in [0.25, 0.3) is 39.5 Å². The maximum atomic E-state index is 6.80. The molecule has 0 atom stereocenters. The number of rotatable bonds is 7. The molecule has 5 rings (SSSR count). The Balaban J connectivity index is 1.76. The molecule has 9 heteroatoms. The van der Waals surface area contributed by atoms with E-state index in [0.717, 1.165) is 45.9 Å². The van der Waals surface area contributed by atoms with Crippen molar-refractivity contribution in [3.8, 4) is 45.5 Å². The van der Waals surface area contributed by atoms with E-state index in [1.54, 1.807) is 24.0 Å². The lowest BCUT2D eigenvalue weighted by molar-refractivity contribution is 0.316. The van der Waals surface area contributed by atoms with Crippen LogP contribution < -0.4 is 9.47 Å². The Hall–Kier alpha value is -3.91. The Morgan fingerprint density at radius 1 is 1.09 bits per heavy atom. The van der Waals surface area contributed by atoms with Gasteiger partial charge in [-0.1, -0.05) is 30.7 Å². The molecule has 0 amide bonds. The second-order valence-corrected chi connectivity index (χ2v) is 8.52. The predicted octanol–water partition coefficient (Wildman–Crippen LogP) is 5.62. The highest BCUT2D eigenvalue weighted by atomic mass is 35.5. The molecule has 0 N–H and O–H groups in total. The summed E-state index contributed by atoms with van der Waals surface area (Å²) in [7, 11) is 3.56. The summed E-state index contributed by atoms with van der Waals surface area (Å²) in [5.41, 5.74) is 5.15. The number of nitrogens with zero attached hydrogens (tertiary/aromatic N) is 6. The third-order valence-corrected chi connectivity index (χ3v) is 6.13. The van der Waals surface area contributed by atoms with Gasteiger partial charge in [0.1, 0.15) is 17.0 Å². The van der Waals surface area contributed by atoms with Crippen LogP contribution >= 0.6 is 11.6 Å². The number of halogens is 1. The van der Waals surface area contributed by atoms with Gasteiger partial charge in [0.15, 0.2) is 11.0 Å². The fourth-order valence-electron chi connectivity index (χ4n) is 4.14. The van der Waals surface area contributed by atoms with Crippen LogP contribution in [0.3, 0.4) is 0 Å². The van der Waals surface area contributed by atoms with Crippen LogP contribution in [-0.4, -0.2) is 42.8 Å². The summed E-state index contributed by atoms with van der Waals surface area (Å²) in [6.45, 7) is 4.74. The molecule has 8 nitrogen and oxygen atoms in total. The number of imidazole rings is 1. The van der Waals surface area contributed by atoms with E-state index in [2.05, 4.69) is 23.0 Å². The standard InChI is InChI=1S/C26H25ClN6O2/c1-5-13-35-17-9-10-20(29-14-17)22-19(18-7-6-8-21(34-4)16(18)2)15-33-23(22)24(27)30-25(31-33)26-28-11-12-32(26)3/h6-12,14-15H,5,13H2,1-4H3. The minimum atomic E-state index is 0.313. The second kappa shape index (κ2) is 9.38. The van der Waals surface area contributed by atoms with Crippen molar-refractivity contribution in [3.63, 3.8) is 0 Å². The van der Waals surface area contributed by atoms with Gasteiger partial charge in [-0.05, 0) is 42.7 Å². The third-order valence-electron chi connectivity index (χ3n) is 5.87. The molecule has 0 fully saturated rings. The number of fused-ring (bicyclic) bond motifs is 1. The number of benzene rings is 1. The van der Waals surface area contributed by atoms with Gasteiger partial charge in [-0.25, -0.2) is 14.5 Å². The van der Waals surface area contributed by atoms with Gasteiger partial charge in [-0.15, -0.1) is 5.10 Å². The van der Waals surface area contributed by atoms with E-state index in [-0.39, 0.29) is 0 Å². The third kappa shape index (κ3) is 4.10. The first-order chi connectivity index (χ1) is 17.0. The minimum absolute atomic E-state index is 0.313. The molecule has 35 heavy (non-hydrogen) atoms. The van der Waals surface area contributed by atoms with Gasteiger partial charge in [0, 0.05) is 36.8 Å². The zero-order chi connectivity index (χ0) is 24.5. The lowest BCUT2D eigenvalue weighted by Crippen LogP contribution is -2.02. The molecular weight excluding hydrogens is 464 g/mol. The lowest BCUT2D eigenvalue weighted by atomic mass is 9.96. The van der Waals surface area contributed by atoms with Crippen molar-refractivity contribution < 1.29 is 9.47 Å². The van der Waals surface area contributed by atoms with Gasteiger partial charge in [-0.3, -0.25) is 4.98 Å². The van der Waals surface area contributed by atoms with E-state index >= 15 is 0 Å². The van der Waals surface area contributed by atoms with Crippen LogP contribution in [0.4, 0.5) is 0 Å². The largest absolute Gasteiger partial charge is 0.496 e. The number of hydrogen-bond donors (Lipinski definition) is 0. The first kappa shape index (κ1) is 22.9. The first-order valence-electron chi connectivity index (χ1n) is 11.3. The maximum Gasteiger partial charge on any atom is 0.217 e. The Labute approximate surface area is 208 Å². The second-order valence-electron chi connectivity index (χ2n) is 8.16. The quantitative estimate of drug-likeness (QED) is 0.296. The summed E-state index contributed by atoms with van der Waals surface area (Å²) < 4.78 is 14.9. The van der Waals surface area contributed by atoms with E-state index in [1.165, 1.54) is 0 Å². The smallest absolute Gasteiger partial charge is 0.217 e. The van der Waals surface area contributed by atoms with Crippen molar-refractivity contribution in [1.29, 1.82) is 0 Å². The normalized spacial score (nSPS) is 11.2. The van der Waals surface area contributed by atoms with Crippen molar-refractivity contribution in [2.24, 2.45) is 7.05 Å². The summed E-state index contributed by atoms with van der Waals surface area (Å²) in [6, 6.07) is 9.81. The van der Waals surface area contributed by atoms with Crippen LogP contribution in [0.5, 0.6) is 11.5 Å². The Morgan fingerprint density at radius 3 is 2.63 bits per heavy atom. The molecule has 178 valence electrons. The molecule has 0 saturated heterocycles. The molecule has 0 unspecified atom stereocenters. The summed E-state index contributed by atoms with van der Waals surface area (Å²) >= 11 is 6.80. The minimum Gasteiger partial charge on any atom is -0.496 e. The summed E-state index contributed by atoms with van der Waals surface area (Å²) in [5.74, 6) is 2.57. The van der Waals surface area contributed by atoms with Gasteiger partial charge in [-0.2, -0.15) is 0 Å². The van der Waals surface area contributed by atoms with Crippen molar-refractivity contribution >= 4 is 17.1 Å². The van der Waals surface area contributed by atoms with Crippen LogP contribution in [0.15, 0.2) is 55.1 Å². The molecule has 4 heterocycles. The molecule has 4 aromatic heterocycles. The molecular formula is C26H25ClN6O2. The van der Waals surface area contributed by atoms with E-state index in [0.29, 0.717) is 28.9 Å². The lowest BCUT2D eigenvalue weighted by Gasteiger charge is -2.12. The highest BCUT2D eigenvalue weighted by Crippen LogP contribution is 2.41. The fourth-order valence-corrected chi connectivity index (χ4v) is 4.40. The van der Waals surface area contributed by atoms with E-state index in [1.807, 2.05) is 55.2 Å². The van der Waals surface area contributed by atoms with Gasteiger partial charge in [0.2, 0.25) is 5.82 Å². The first-order valence-corrected chi connectivity index (χ1v) is 11.7. The summed E-state index contributed by atoms with van der Waals surface area (Å²) in [6.07, 6.45) is 8.16. The van der Waals surface area contributed by atoms with Gasteiger partial charge in [0.05, 0.1) is 25.6 Å². The molecule has 0 radical (unpaired) electrons. The van der Waals surface area contributed by atoms with Gasteiger partial charge < -0.3 is 14.0 Å². The Morgan fingerprint density at radius 2 is 1.94 bits per heavy atom. The zero-order valence-electron chi connectivity index (χ0n) is 20.0. The highest BCUT2D eigenvalue weighted by molar-refractivity contribution is 6.33. The molecule has 1 aromatic carbocycles. The van der Waals surface area contributed by atoms with Gasteiger partial charge >= 0.3 is 0 Å². The van der Waals surface area contributed by atoms with E-state index < -0.39 is 0 Å². The highest BCUT2D eigenvalue weighted by Gasteiger charge is 2.23. The number of pyridine rings is 1. The van der Waals surface area contributed by atoms with Crippen LogP contribution in [0.1, 0.15) is 18.9 Å². The zero-order valence-corrected chi connectivity index (χ0v) is 20.7. The molecule has 0 aliphatic rings.